The lowest BCUT2D eigenvalue weighted by Crippen LogP contribution is -2.01. The van der Waals surface area contributed by atoms with Gasteiger partial charge < -0.3 is 15.0 Å². The van der Waals surface area contributed by atoms with E-state index >= 15 is 0 Å². The number of rotatable bonds is 3. The van der Waals surface area contributed by atoms with Crippen molar-refractivity contribution in [3.05, 3.63) is 54.4 Å². The number of aromatic nitrogens is 2. The number of hydrogen-bond donors (Lipinski definition) is 1. The van der Waals surface area contributed by atoms with Crippen LogP contribution in [0.2, 0.25) is 0 Å². The SMILES string of the molecule is COc1cccc(Cn2ccc3c(N)cccc32)n1. The molecule has 3 aromatic rings. The Kier molecular flexibility index (Phi) is 2.83. The molecule has 2 heterocycles. The standard InChI is InChI=1S/C15H15N3O/c1-19-15-7-2-4-11(17-15)10-18-9-8-12-13(16)5-3-6-14(12)18/h2-9H,10,16H2,1H3. The molecule has 0 spiro atoms. The van der Waals surface area contributed by atoms with Crippen molar-refractivity contribution in [3.8, 4) is 5.88 Å². The van der Waals surface area contributed by atoms with Gasteiger partial charge in [0.25, 0.3) is 0 Å². The van der Waals surface area contributed by atoms with E-state index in [0.717, 1.165) is 22.3 Å². The second kappa shape index (κ2) is 4.65. The molecular formula is C15H15N3O. The molecule has 0 amide bonds. The van der Waals surface area contributed by atoms with E-state index in [1.54, 1.807) is 7.11 Å². The maximum absolute atomic E-state index is 5.96. The van der Waals surface area contributed by atoms with E-state index in [-0.39, 0.29) is 0 Å². The molecule has 2 N–H and O–H groups in total. The minimum absolute atomic E-state index is 0.633. The number of methoxy groups -OCH3 is 1. The predicted molar refractivity (Wildman–Crippen MR) is 76.2 cm³/mol. The molecule has 0 aliphatic heterocycles. The normalized spacial score (nSPS) is 10.8. The highest BCUT2D eigenvalue weighted by Crippen LogP contribution is 2.22. The molecule has 2 aromatic heterocycles. The van der Waals surface area contributed by atoms with E-state index < -0.39 is 0 Å². The Morgan fingerprint density at radius 3 is 2.84 bits per heavy atom. The third kappa shape index (κ3) is 2.12. The third-order valence-corrected chi connectivity index (χ3v) is 3.17. The fourth-order valence-corrected chi connectivity index (χ4v) is 2.22. The van der Waals surface area contributed by atoms with E-state index in [1.165, 1.54) is 0 Å². The van der Waals surface area contributed by atoms with Crippen molar-refractivity contribution in [2.45, 2.75) is 6.54 Å². The lowest BCUT2D eigenvalue weighted by Gasteiger charge is -2.07. The van der Waals surface area contributed by atoms with E-state index in [0.29, 0.717) is 12.4 Å². The van der Waals surface area contributed by atoms with Gasteiger partial charge in [-0.25, -0.2) is 4.98 Å². The lowest BCUT2D eigenvalue weighted by atomic mass is 10.2. The van der Waals surface area contributed by atoms with Crippen LogP contribution in [0.4, 0.5) is 5.69 Å². The summed E-state index contributed by atoms with van der Waals surface area (Å²) in [6.07, 6.45) is 2.03. The van der Waals surface area contributed by atoms with Crippen LogP contribution in [0, 0.1) is 0 Å². The largest absolute Gasteiger partial charge is 0.481 e. The molecule has 0 aliphatic carbocycles. The van der Waals surface area contributed by atoms with Crippen molar-refractivity contribution in [3.63, 3.8) is 0 Å². The van der Waals surface area contributed by atoms with Crippen LogP contribution < -0.4 is 10.5 Å². The fourth-order valence-electron chi connectivity index (χ4n) is 2.22. The van der Waals surface area contributed by atoms with Crippen LogP contribution in [0.25, 0.3) is 10.9 Å². The maximum Gasteiger partial charge on any atom is 0.213 e. The topological polar surface area (TPSA) is 53.1 Å². The van der Waals surface area contributed by atoms with Gasteiger partial charge >= 0.3 is 0 Å². The molecule has 19 heavy (non-hydrogen) atoms. The molecule has 0 bridgehead atoms. The number of pyridine rings is 1. The van der Waals surface area contributed by atoms with Gasteiger partial charge in [-0.1, -0.05) is 12.1 Å². The number of hydrogen-bond acceptors (Lipinski definition) is 3. The second-order valence-corrected chi connectivity index (χ2v) is 4.39. The van der Waals surface area contributed by atoms with Gasteiger partial charge in [0, 0.05) is 23.3 Å². The van der Waals surface area contributed by atoms with Crippen molar-refractivity contribution >= 4 is 16.6 Å². The quantitative estimate of drug-likeness (QED) is 0.730. The number of fused-ring (bicyclic) bond motifs is 1. The Balaban J connectivity index is 1.99. The lowest BCUT2D eigenvalue weighted by molar-refractivity contribution is 0.396. The van der Waals surface area contributed by atoms with Crippen LogP contribution in [0.15, 0.2) is 48.7 Å². The Hall–Kier alpha value is -2.49. The van der Waals surface area contributed by atoms with Crippen LogP contribution >= 0.6 is 0 Å². The van der Waals surface area contributed by atoms with Crippen molar-refractivity contribution in [2.24, 2.45) is 0 Å². The predicted octanol–water partition coefficient (Wildman–Crippen LogP) is 2.68. The van der Waals surface area contributed by atoms with Crippen LogP contribution in [0.5, 0.6) is 5.88 Å². The zero-order valence-electron chi connectivity index (χ0n) is 10.7. The van der Waals surface area contributed by atoms with Gasteiger partial charge in [-0.15, -0.1) is 0 Å². The molecule has 96 valence electrons. The van der Waals surface area contributed by atoms with E-state index in [1.807, 2.05) is 42.6 Å². The fraction of sp³-hybridized carbons (Fsp3) is 0.133. The summed E-state index contributed by atoms with van der Waals surface area (Å²) in [5.74, 6) is 0.633. The van der Waals surface area contributed by atoms with Crippen molar-refractivity contribution in [2.75, 3.05) is 12.8 Å². The van der Waals surface area contributed by atoms with Crippen LogP contribution in [0.1, 0.15) is 5.69 Å². The summed E-state index contributed by atoms with van der Waals surface area (Å²) in [5.41, 5.74) is 8.83. The summed E-state index contributed by atoms with van der Waals surface area (Å²) in [6, 6.07) is 13.7. The first-order valence-corrected chi connectivity index (χ1v) is 6.11. The third-order valence-electron chi connectivity index (χ3n) is 3.17. The molecule has 0 aliphatic rings. The smallest absolute Gasteiger partial charge is 0.213 e. The summed E-state index contributed by atoms with van der Waals surface area (Å²) in [4.78, 5) is 4.42. The van der Waals surface area contributed by atoms with E-state index in [9.17, 15) is 0 Å². The van der Waals surface area contributed by atoms with Crippen molar-refractivity contribution in [1.29, 1.82) is 0 Å². The summed E-state index contributed by atoms with van der Waals surface area (Å²) < 4.78 is 7.27. The highest BCUT2D eigenvalue weighted by molar-refractivity contribution is 5.91. The zero-order valence-corrected chi connectivity index (χ0v) is 10.7. The highest BCUT2D eigenvalue weighted by Gasteiger charge is 2.05. The van der Waals surface area contributed by atoms with Gasteiger partial charge in [0.1, 0.15) is 0 Å². The molecule has 0 radical (unpaired) electrons. The minimum Gasteiger partial charge on any atom is -0.481 e. The number of ether oxygens (including phenoxy) is 1. The first-order chi connectivity index (χ1) is 9.28. The first-order valence-electron chi connectivity index (χ1n) is 6.11. The average Bonchev–Trinajstić information content (AvgIpc) is 2.84. The van der Waals surface area contributed by atoms with Crippen LogP contribution in [-0.4, -0.2) is 16.7 Å². The molecule has 1 aromatic carbocycles. The monoisotopic (exact) mass is 253 g/mol. The molecule has 0 unspecified atom stereocenters. The van der Waals surface area contributed by atoms with Crippen LogP contribution in [0.3, 0.4) is 0 Å². The Morgan fingerprint density at radius 2 is 2.00 bits per heavy atom. The zero-order chi connectivity index (χ0) is 13.2. The summed E-state index contributed by atoms with van der Waals surface area (Å²) in [5, 5.41) is 1.07. The second-order valence-electron chi connectivity index (χ2n) is 4.39. The van der Waals surface area contributed by atoms with Gasteiger partial charge in [0.2, 0.25) is 5.88 Å². The molecule has 0 saturated heterocycles. The Bertz CT molecular complexity index is 718. The summed E-state index contributed by atoms with van der Waals surface area (Å²) >= 11 is 0. The molecule has 4 nitrogen and oxygen atoms in total. The number of nitrogens with two attached hydrogens (primary N) is 1. The molecular weight excluding hydrogens is 238 g/mol. The maximum atomic E-state index is 5.96. The number of anilines is 1. The number of nitrogen functional groups attached to an aromatic ring is 1. The van der Waals surface area contributed by atoms with Gasteiger partial charge in [0.15, 0.2) is 0 Å². The molecule has 0 fully saturated rings. The van der Waals surface area contributed by atoms with E-state index in [2.05, 4.69) is 15.6 Å². The summed E-state index contributed by atoms with van der Waals surface area (Å²) in [6.45, 7) is 0.699. The van der Waals surface area contributed by atoms with Gasteiger partial charge in [-0.3, -0.25) is 0 Å². The number of benzene rings is 1. The average molecular weight is 253 g/mol. The molecule has 0 atom stereocenters. The molecule has 0 saturated carbocycles. The summed E-state index contributed by atoms with van der Waals surface area (Å²) in [7, 11) is 1.62. The van der Waals surface area contributed by atoms with Crippen molar-refractivity contribution in [1.82, 2.24) is 9.55 Å². The Morgan fingerprint density at radius 1 is 1.16 bits per heavy atom. The number of nitrogens with zero attached hydrogens (tertiary/aromatic N) is 2. The van der Waals surface area contributed by atoms with Crippen molar-refractivity contribution < 1.29 is 4.74 Å². The Labute approximate surface area is 111 Å². The minimum atomic E-state index is 0.633. The van der Waals surface area contributed by atoms with Gasteiger partial charge in [-0.05, 0) is 24.3 Å². The van der Waals surface area contributed by atoms with Gasteiger partial charge in [0.05, 0.1) is 24.9 Å². The highest BCUT2D eigenvalue weighted by atomic mass is 16.5. The molecule has 3 rings (SSSR count). The van der Waals surface area contributed by atoms with Gasteiger partial charge in [-0.2, -0.15) is 0 Å². The van der Waals surface area contributed by atoms with Crippen LogP contribution in [-0.2, 0) is 6.54 Å². The van der Waals surface area contributed by atoms with E-state index in [4.69, 9.17) is 10.5 Å². The molecule has 4 heteroatoms. The first kappa shape index (κ1) is 11.6.